The van der Waals surface area contributed by atoms with Gasteiger partial charge in [-0.2, -0.15) is 0 Å². The second kappa shape index (κ2) is 12.5. The van der Waals surface area contributed by atoms with Crippen LogP contribution in [0.3, 0.4) is 0 Å². The van der Waals surface area contributed by atoms with Gasteiger partial charge in [0.2, 0.25) is 13.9 Å². The summed E-state index contributed by atoms with van der Waals surface area (Å²) in [5, 5.41) is 6.94. The van der Waals surface area contributed by atoms with Crippen LogP contribution in [0.2, 0.25) is 0 Å². The lowest BCUT2D eigenvalue weighted by atomic mass is 9.94. The van der Waals surface area contributed by atoms with Crippen LogP contribution in [-0.4, -0.2) is 36.8 Å². The third-order valence-electron chi connectivity index (χ3n) is 6.68. The van der Waals surface area contributed by atoms with Crippen LogP contribution in [0.5, 0.6) is 5.75 Å². The highest BCUT2D eigenvalue weighted by Crippen LogP contribution is 2.45. The van der Waals surface area contributed by atoms with Gasteiger partial charge in [-0.3, -0.25) is 14.9 Å². The van der Waals surface area contributed by atoms with E-state index in [1.807, 2.05) is 43.3 Å². The van der Waals surface area contributed by atoms with E-state index in [0.717, 1.165) is 11.1 Å². The fourth-order valence-corrected chi connectivity index (χ4v) is 7.70. The summed E-state index contributed by atoms with van der Waals surface area (Å²) >= 11 is 0.467. The molecule has 3 aromatic carbocycles. The fraction of sp³-hybridized carbons (Fsp3) is 0.233. The first-order chi connectivity index (χ1) is 19.6. The number of ether oxygens (including phenoxy) is 1. The van der Waals surface area contributed by atoms with Crippen molar-refractivity contribution in [3.05, 3.63) is 83.9 Å². The monoisotopic (exact) mass is 591 g/mol. The molecule has 9 nitrogen and oxygen atoms in total. The lowest BCUT2D eigenvalue weighted by Gasteiger charge is -2.25. The summed E-state index contributed by atoms with van der Waals surface area (Å²) in [5.41, 5.74) is 3.20. The van der Waals surface area contributed by atoms with Crippen LogP contribution < -0.4 is 20.7 Å². The van der Waals surface area contributed by atoms with E-state index in [1.165, 1.54) is 31.4 Å². The molecule has 1 aliphatic rings. The van der Waals surface area contributed by atoms with Crippen molar-refractivity contribution in [1.29, 1.82) is 0 Å². The zero-order chi connectivity index (χ0) is 29.6. The van der Waals surface area contributed by atoms with Gasteiger partial charge in [0.05, 0.1) is 12.0 Å². The number of aryl methyl sites for hydroxylation is 1. The third kappa shape index (κ3) is 6.73. The molecule has 0 aromatic heterocycles. The van der Waals surface area contributed by atoms with Gasteiger partial charge >= 0.3 is 6.03 Å². The Morgan fingerprint density at radius 1 is 1.00 bits per heavy atom. The van der Waals surface area contributed by atoms with Gasteiger partial charge in [0.25, 0.3) is 11.1 Å². The summed E-state index contributed by atoms with van der Waals surface area (Å²) in [6.07, 6.45) is 6.22. The maximum atomic E-state index is 13.7. The van der Waals surface area contributed by atoms with Crippen LogP contribution in [0.1, 0.15) is 24.0 Å². The molecule has 41 heavy (non-hydrogen) atoms. The van der Waals surface area contributed by atoms with Crippen molar-refractivity contribution in [3.8, 4) is 18.1 Å². The molecule has 2 unspecified atom stereocenters. The lowest BCUT2D eigenvalue weighted by Crippen LogP contribution is -2.44. The molecule has 1 fully saturated rings. The van der Waals surface area contributed by atoms with Crippen LogP contribution in [-0.2, 0) is 21.1 Å². The highest BCUT2D eigenvalue weighted by molar-refractivity contribution is 8.25. The SMILES string of the molecule is C#CC(CCC1(S(=O)(=O)c2ccc(OC)cc2)SC(=O)NC1=O)Cc1ccc(NC(=O)Nc2ccc(C)cc2)cc1. The van der Waals surface area contributed by atoms with Crippen LogP contribution in [0.4, 0.5) is 21.0 Å². The molecule has 1 saturated heterocycles. The maximum Gasteiger partial charge on any atom is 0.323 e. The molecular formula is C30H29N3O6S2. The largest absolute Gasteiger partial charge is 0.497 e. The maximum absolute atomic E-state index is 13.7. The first-order valence-electron chi connectivity index (χ1n) is 12.7. The first kappa shape index (κ1) is 29.7. The first-order valence-corrected chi connectivity index (χ1v) is 15.0. The number of amides is 4. The fourth-order valence-electron chi connectivity index (χ4n) is 4.38. The third-order valence-corrected chi connectivity index (χ3v) is 10.7. The number of hydrogen-bond acceptors (Lipinski definition) is 7. The van der Waals surface area contributed by atoms with E-state index in [0.29, 0.717) is 35.3 Å². The topological polar surface area (TPSA) is 131 Å². The molecule has 4 rings (SSSR count). The van der Waals surface area contributed by atoms with Crippen molar-refractivity contribution in [1.82, 2.24) is 5.32 Å². The number of benzene rings is 3. The van der Waals surface area contributed by atoms with E-state index in [2.05, 4.69) is 21.9 Å². The van der Waals surface area contributed by atoms with Crippen LogP contribution >= 0.6 is 11.8 Å². The lowest BCUT2D eigenvalue weighted by molar-refractivity contribution is -0.120. The van der Waals surface area contributed by atoms with Gasteiger partial charge in [-0.15, -0.1) is 12.3 Å². The summed E-state index contributed by atoms with van der Waals surface area (Å²) in [6, 6.07) is 19.8. The Morgan fingerprint density at radius 3 is 2.10 bits per heavy atom. The second-order valence-electron chi connectivity index (χ2n) is 9.52. The Labute approximate surface area is 243 Å². The molecule has 4 amide bonds. The molecule has 0 spiro atoms. The zero-order valence-corrected chi connectivity index (χ0v) is 24.1. The van der Waals surface area contributed by atoms with Crippen molar-refractivity contribution in [2.45, 2.75) is 35.2 Å². The molecule has 3 N–H and O–H groups in total. The number of hydrogen-bond donors (Lipinski definition) is 3. The van der Waals surface area contributed by atoms with Crippen LogP contribution in [0.25, 0.3) is 0 Å². The van der Waals surface area contributed by atoms with E-state index in [1.54, 1.807) is 12.1 Å². The standard InChI is InChI=1S/C30H29N3O6S2/c1-4-21(19-22-7-11-24(12-8-22)32-28(35)31-23-9-5-20(2)6-10-23)17-18-30(27(34)33-29(36)40-30)41(37,38)26-15-13-25(39-3)14-16-26/h1,5-16,21H,17-19H2,2-3H3,(H2,31,32,35)(H,33,34,36). The number of terminal acetylenes is 1. The van der Waals surface area contributed by atoms with Gasteiger partial charge in [-0.05, 0) is 92.0 Å². The molecular weight excluding hydrogens is 562 g/mol. The van der Waals surface area contributed by atoms with E-state index in [9.17, 15) is 22.8 Å². The molecule has 0 aliphatic carbocycles. The summed E-state index contributed by atoms with van der Waals surface area (Å²) in [4.78, 5) is 37.3. The number of rotatable bonds is 10. The highest BCUT2D eigenvalue weighted by Gasteiger charge is 2.58. The Kier molecular flexibility index (Phi) is 9.05. The number of methoxy groups -OCH3 is 1. The molecule has 11 heteroatoms. The number of imide groups is 1. The van der Waals surface area contributed by atoms with Crippen molar-refractivity contribution in [3.63, 3.8) is 0 Å². The van der Waals surface area contributed by atoms with Crippen molar-refractivity contribution < 1.29 is 27.5 Å². The highest BCUT2D eigenvalue weighted by atomic mass is 32.3. The zero-order valence-electron chi connectivity index (χ0n) is 22.5. The number of carbonyl (C=O) groups excluding carboxylic acids is 3. The molecule has 1 aliphatic heterocycles. The van der Waals surface area contributed by atoms with E-state index >= 15 is 0 Å². The average Bonchev–Trinajstić information content (AvgIpc) is 3.27. The van der Waals surface area contributed by atoms with E-state index in [4.69, 9.17) is 11.2 Å². The molecule has 212 valence electrons. The summed E-state index contributed by atoms with van der Waals surface area (Å²) < 4.78 is 30.4. The van der Waals surface area contributed by atoms with Gasteiger partial charge in [0.15, 0.2) is 0 Å². The van der Waals surface area contributed by atoms with Crippen molar-refractivity contribution in [2.75, 3.05) is 17.7 Å². The normalized spacial score (nSPS) is 17.3. The minimum atomic E-state index is -4.27. The van der Waals surface area contributed by atoms with Gasteiger partial charge < -0.3 is 15.4 Å². The number of urea groups is 1. The number of carbonyl (C=O) groups is 3. The summed E-state index contributed by atoms with van der Waals surface area (Å²) in [6.45, 7) is 1.96. The average molecular weight is 592 g/mol. The van der Waals surface area contributed by atoms with Crippen molar-refractivity contribution in [2.24, 2.45) is 5.92 Å². The Balaban J connectivity index is 1.42. The smallest absolute Gasteiger partial charge is 0.323 e. The van der Waals surface area contributed by atoms with Crippen molar-refractivity contribution >= 4 is 50.2 Å². The van der Waals surface area contributed by atoms with E-state index < -0.39 is 31.0 Å². The summed E-state index contributed by atoms with van der Waals surface area (Å²) in [5.74, 6) is 1.85. The van der Waals surface area contributed by atoms with Gasteiger partial charge in [0, 0.05) is 17.3 Å². The van der Waals surface area contributed by atoms with E-state index in [-0.39, 0.29) is 23.8 Å². The predicted octanol–water partition coefficient (Wildman–Crippen LogP) is 5.37. The number of nitrogens with one attached hydrogen (secondary N) is 3. The number of thioether (sulfide) groups is 1. The van der Waals surface area contributed by atoms with Gasteiger partial charge in [0.1, 0.15) is 5.75 Å². The minimum Gasteiger partial charge on any atom is -0.497 e. The predicted molar refractivity (Wildman–Crippen MR) is 160 cm³/mol. The minimum absolute atomic E-state index is 0.0950. The molecule has 3 aromatic rings. The van der Waals surface area contributed by atoms with Gasteiger partial charge in [-0.25, -0.2) is 13.2 Å². The number of sulfone groups is 1. The number of anilines is 2. The molecule has 0 bridgehead atoms. The molecule has 0 radical (unpaired) electrons. The van der Waals surface area contributed by atoms with Crippen LogP contribution in [0, 0.1) is 25.2 Å². The molecule has 0 saturated carbocycles. The molecule has 1 heterocycles. The Bertz CT molecular complexity index is 1580. The second-order valence-corrected chi connectivity index (χ2v) is 13.2. The Morgan fingerprint density at radius 2 is 1.59 bits per heavy atom. The van der Waals surface area contributed by atoms with Gasteiger partial charge in [-0.1, -0.05) is 29.8 Å². The summed E-state index contributed by atoms with van der Waals surface area (Å²) in [7, 11) is -2.81. The Hall–Kier alpha value is -4.27. The quantitative estimate of drug-likeness (QED) is 0.270. The van der Waals surface area contributed by atoms with Crippen LogP contribution in [0.15, 0.2) is 77.7 Å². The molecule has 2 atom stereocenters.